The van der Waals surface area contributed by atoms with Gasteiger partial charge >= 0.3 is 5.97 Å². The number of aromatic nitrogens is 1. The molecule has 0 fully saturated rings. The van der Waals surface area contributed by atoms with Crippen molar-refractivity contribution in [1.82, 2.24) is 9.31 Å². The minimum atomic E-state index is -4.42. The molecular formula is C41H52N3O9S+. The normalized spacial score (nSPS) is 15.7. The van der Waals surface area contributed by atoms with Crippen LogP contribution in [0.15, 0.2) is 81.8 Å². The van der Waals surface area contributed by atoms with E-state index in [2.05, 4.69) is 61.4 Å². The third kappa shape index (κ3) is 8.91. The van der Waals surface area contributed by atoms with Gasteiger partial charge in [0.05, 0.1) is 11.0 Å². The predicted molar refractivity (Wildman–Crippen MR) is 208 cm³/mol. The van der Waals surface area contributed by atoms with Gasteiger partial charge in [0, 0.05) is 60.6 Å². The molecular weight excluding hydrogens is 711 g/mol. The number of carbonyl (C=O) groups excluding carboxylic acids is 1. The van der Waals surface area contributed by atoms with E-state index < -0.39 is 21.5 Å². The molecule has 12 nitrogen and oxygen atoms in total. The fourth-order valence-electron chi connectivity index (χ4n) is 6.91. The number of benzene rings is 2. The van der Waals surface area contributed by atoms with Crippen LogP contribution in [-0.4, -0.2) is 67.2 Å². The fraction of sp³-hybridized carbons (Fsp3) is 0.415. The summed E-state index contributed by atoms with van der Waals surface area (Å²) in [5.74, 6) is 0.116. The maximum atomic E-state index is 12.4. The average Bonchev–Trinajstić information content (AvgIpc) is 3.53. The Hall–Kier alpha value is -4.85. The standard InChI is InChI=1S/C41H51N3O9S/c1-8-42(23-24-51-7)28-16-18-31-32(40(2,3)4)26-29(52-35(31)25-28)13-12-14-36-41(5,6)33-27-30(54(48,49)50)17-19-34(33)43(36)22-11-9-10-15-39(47)53-44-37(45)20-21-38(44)46/h12-14,16-21,25-27H,8-11,15,22-24H2,1-7H3,(H2-,45,46,48,49,50)/p+1. The Balaban J connectivity index is 1.44. The van der Waals surface area contributed by atoms with Gasteiger partial charge in [-0.1, -0.05) is 47.1 Å². The molecule has 0 atom stereocenters. The van der Waals surface area contributed by atoms with Crippen LogP contribution in [0.1, 0.15) is 84.1 Å². The molecule has 290 valence electrons. The lowest BCUT2D eigenvalue weighted by Crippen LogP contribution is -2.32. The largest absolute Gasteiger partial charge is 0.492 e. The number of allylic oxidation sites excluding steroid dienone is 3. The zero-order valence-corrected chi connectivity index (χ0v) is 32.9. The highest BCUT2D eigenvalue weighted by molar-refractivity contribution is 7.85. The van der Waals surface area contributed by atoms with Crippen molar-refractivity contribution in [2.24, 2.45) is 0 Å². The van der Waals surface area contributed by atoms with Gasteiger partial charge in [-0.25, -0.2) is 9.37 Å². The SMILES string of the molecule is CC[N+](CCOC)=c1ccc2c(C(C)(C)C)cc(C=CC=C3N(CCCCCC(=O)On4c(O)ccc4O)c4ccc(S(=O)(=O)O)cc4C3(C)C)oc-2c1. The first-order chi connectivity index (χ1) is 25.4. The maximum Gasteiger partial charge on any atom is 0.333 e. The smallest absolute Gasteiger partial charge is 0.333 e. The van der Waals surface area contributed by atoms with Crippen molar-refractivity contribution >= 4 is 27.9 Å². The zero-order valence-electron chi connectivity index (χ0n) is 32.1. The second kappa shape index (κ2) is 16.3. The number of hydrogen-bond donors (Lipinski definition) is 3. The number of fused-ring (bicyclic) bond motifs is 2. The Morgan fingerprint density at radius 1 is 1.00 bits per heavy atom. The lowest BCUT2D eigenvalue weighted by Gasteiger charge is -2.27. The molecule has 54 heavy (non-hydrogen) atoms. The van der Waals surface area contributed by atoms with Crippen LogP contribution in [0, 0.1) is 0 Å². The number of hydrogen-bond acceptors (Lipinski definition) is 9. The van der Waals surface area contributed by atoms with E-state index in [0.29, 0.717) is 42.9 Å². The molecule has 3 heterocycles. The van der Waals surface area contributed by atoms with E-state index in [-0.39, 0.29) is 28.5 Å². The summed E-state index contributed by atoms with van der Waals surface area (Å²) < 4.78 is 48.8. The number of aromatic hydroxyl groups is 2. The summed E-state index contributed by atoms with van der Waals surface area (Å²) in [6.45, 7) is 15.5. The first-order valence-corrected chi connectivity index (χ1v) is 19.6. The van der Waals surface area contributed by atoms with Crippen molar-refractivity contribution in [1.29, 1.82) is 0 Å². The van der Waals surface area contributed by atoms with E-state index in [1.807, 2.05) is 32.1 Å². The Morgan fingerprint density at radius 3 is 2.37 bits per heavy atom. The molecule has 5 rings (SSSR count). The summed E-state index contributed by atoms with van der Waals surface area (Å²) in [7, 11) is -2.72. The van der Waals surface area contributed by atoms with Crippen LogP contribution in [0.5, 0.6) is 11.8 Å². The van der Waals surface area contributed by atoms with Crippen LogP contribution in [0.4, 0.5) is 5.69 Å². The van der Waals surface area contributed by atoms with Crippen LogP contribution >= 0.6 is 0 Å². The Kier molecular flexibility index (Phi) is 12.1. The zero-order chi connectivity index (χ0) is 39.4. The van der Waals surface area contributed by atoms with E-state index in [1.165, 1.54) is 24.3 Å². The molecule has 0 saturated carbocycles. The van der Waals surface area contributed by atoms with Gasteiger partial charge in [-0.3, -0.25) is 4.55 Å². The molecule has 0 radical (unpaired) electrons. The summed E-state index contributed by atoms with van der Waals surface area (Å²) in [6.07, 6.45) is 7.85. The van der Waals surface area contributed by atoms with Crippen LogP contribution in [-0.2, 0) is 30.5 Å². The minimum absolute atomic E-state index is 0.0826. The third-order valence-corrected chi connectivity index (χ3v) is 10.7. The van der Waals surface area contributed by atoms with Crippen molar-refractivity contribution < 1.29 is 42.0 Å². The van der Waals surface area contributed by atoms with Crippen molar-refractivity contribution in [2.45, 2.75) is 83.0 Å². The molecule has 0 spiro atoms. The monoisotopic (exact) mass is 762 g/mol. The second-order valence-electron chi connectivity index (χ2n) is 15.0. The number of anilines is 1. The van der Waals surface area contributed by atoms with Gasteiger partial charge in [0.1, 0.15) is 24.7 Å². The summed E-state index contributed by atoms with van der Waals surface area (Å²) >= 11 is 0. The van der Waals surface area contributed by atoms with Crippen molar-refractivity contribution in [3.8, 4) is 23.1 Å². The molecule has 0 unspecified atom stereocenters. The molecule has 0 saturated heterocycles. The molecule has 0 bridgehead atoms. The maximum absolute atomic E-state index is 12.4. The highest BCUT2D eigenvalue weighted by Gasteiger charge is 2.40. The van der Waals surface area contributed by atoms with Gasteiger partial charge < -0.3 is 29.1 Å². The van der Waals surface area contributed by atoms with Crippen LogP contribution in [0.25, 0.3) is 17.4 Å². The van der Waals surface area contributed by atoms with Crippen LogP contribution in [0.3, 0.4) is 0 Å². The molecule has 2 aliphatic heterocycles. The number of ether oxygens (including phenoxy) is 1. The van der Waals surface area contributed by atoms with E-state index in [9.17, 15) is 28.0 Å². The first kappa shape index (κ1) is 40.3. The summed E-state index contributed by atoms with van der Waals surface area (Å²) in [4.78, 5) is 19.4. The number of carbonyl (C=O) groups is 1. The molecule has 2 aromatic rings. The van der Waals surface area contributed by atoms with Crippen molar-refractivity contribution in [3.63, 3.8) is 0 Å². The lowest BCUT2D eigenvalue weighted by atomic mass is 9.82. The van der Waals surface area contributed by atoms with Crippen LogP contribution < -0.4 is 19.7 Å². The van der Waals surface area contributed by atoms with E-state index >= 15 is 0 Å². The van der Waals surface area contributed by atoms with Gasteiger partial charge in [-0.05, 0) is 78.8 Å². The van der Waals surface area contributed by atoms with Crippen molar-refractivity contribution in [2.75, 3.05) is 38.3 Å². The number of rotatable bonds is 14. The van der Waals surface area contributed by atoms with E-state index in [0.717, 1.165) is 52.3 Å². The molecule has 3 N–H and O–H groups in total. The molecule has 0 amide bonds. The summed E-state index contributed by atoms with van der Waals surface area (Å²) in [6, 6.07) is 15.5. The quantitative estimate of drug-likeness (QED) is 0.0738. The van der Waals surface area contributed by atoms with E-state index in [1.54, 1.807) is 13.2 Å². The van der Waals surface area contributed by atoms with Gasteiger partial charge in [0.2, 0.25) is 17.1 Å². The molecule has 3 aliphatic rings. The Labute approximate surface area is 317 Å². The summed E-state index contributed by atoms with van der Waals surface area (Å²) in [5, 5.41) is 20.5. The molecule has 13 heteroatoms. The molecule has 1 aliphatic carbocycles. The van der Waals surface area contributed by atoms with Gasteiger partial charge in [0.15, 0.2) is 6.54 Å². The van der Waals surface area contributed by atoms with Gasteiger partial charge in [-0.2, -0.15) is 8.42 Å². The minimum Gasteiger partial charge on any atom is -0.492 e. The first-order valence-electron chi connectivity index (χ1n) is 18.2. The lowest BCUT2D eigenvalue weighted by molar-refractivity contribution is -0.145. The number of likely N-dealkylation sites (N-methyl/N-ethyl adjacent to an activating group) is 1. The van der Waals surface area contributed by atoms with E-state index in [4.69, 9.17) is 14.0 Å². The Morgan fingerprint density at radius 2 is 1.72 bits per heavy atom. The average molecular weight is 763 g/mol. The molecule has 1 aromatic heterocycles. The van der Waals surface area contributed by atoms with Crippen molar-refractivity contribution in [3.05, 3.63) is 94.7 Å². The third-order valence-electron chi connectivity index (χ3n) is 9.82. The number of unbranched alkanes of at least 4 members (excludes halogenated alkanes) is 2. The van der Waals surface area contributed by atoms with Crippen LogP contribution in [0.2, 0.25) is 0 Å². The Bertz CT molecular complexity index is 2180. The van der Waals surface area contributed by atoms with Gasteiger partial charge in [0.25, 0.3) is 10.1 Å². The predicted octanol–water partition coefficient (Wildman–Crippen LogP) is 6.49. The fourth-order valence-corrected chi connectivity index (χ4v) is 7.42. The topological polar surface area (TPSA) is 155 Å². The highest BCUT2D eigenvalue weighted by Crippen LogP contribution is 2.48. The highest BCUT2D eigenvalue weighted by atomic mass is 32.2. The van der Waals surface area contributed by atoms with Gasteiger partial charge in [-0.15, -0.1) is 4.73 Å². The number of nitrogens with zero attached hydrogens (tertiary/aromatic N) is 3. The molecule has 1 aromatic carbocycles. The summed E-state index contributed by atoms with van der Waals surface area (Å²) in [5.41, 5.74) is 3.94. The number of methoxy groups -OCH3 is 1. The second-order valence-corrected chi connectivity index (χ2v) is 16.4.